The van der Waals surface area contributed by atoms with Crippen LogP contribution in [0.1, 0.15) is 23.9 Å². The van der Waals surface area contributed by atoms with Gasteiger partial charge in [-0.15, -0.1) is 0 Å². The summed E-state index contributed by atoms with van der Waals surface area (Å²) in [5.41, 5.74) is 3.33. The van der Waals surface area contributed by atoms with E-state index < -0.39 is 0 Å². The molecule has 0 saturated heterocycles. The van der Waals surface area contributed by atoms with Crippen LogP contribution < -0.4 is 0 Å². The van der Waals surface area contributed by atoms with E-state index in [9.17, 15) is 0 Å². The summed E-state index contributed by atoms with van der Waals surface area (Å²) in [5, 5.41) is 9.11. The summed E-state index contributed by atoms with van der Waals surface area (Å²) in [7, 11) is 0. The number of nitrogens with zero attached hydrogens (tertiary/aromatic N) is 6. The second kappa shape index (κ2) is 4.31. The molecule has 0 spiro atoms. The van der Waals surface area contributed by atoms with Crippen molar-refractivity contribution in [3.63, 3.8) is 0 Å². The highest BCUT2D eigenvalue weighted by Crippen LogP contribution is 2.20. The molecule has 19 heavy (non-hydrogen) atoms. The number of hydrogen-bond donors (Lipinski definition) is 0. The Hall–Kier alpha value is -1.95. The molecule has 0 amide bonds. The predicted octanol–water partition coefficient (Wildman–Crippen LogP) is 2.14. The van der Waals surface area contributed by atoms with Gasteiger partial charge in [0.2, 0.25) is 0 Å². The molecule has 0 aliphatic heterocycles. The van der Waals surface area contributed by atoms with Crippen LogP contribution in [-0.4, -0.2) is 29.4 Å². The number of aryl methyl sites for hydroxylation is 1. The molecule has 0 saturated carbocycles. The van der Waals surface area contributed by atoms with Crippen molar-refractivity contribution in [2.45, 2.75) is 27.2 Å². The lowest BCUT2D eigenvalue weighted by atomic mass is 10.1. The van der Waals surface area contributed by atoms with Gasteiger partial charge in [0.15, 0.2) is 5.82 Å². The number of halogens is 1. The van der Waals surface area contributed by atoms with E-state index >= 15 is 0 Å². The molecule has 7 heteroatoms. The topological polar surface area (TPSA) is 60.9 Å². The van der Waals surface area contributed by atoms with Crippen molar-refractivity contribution in [1.29, 1.82) is 0 Å². The number of rotatable bonds is 2. The Morgan fingerprint density at radius 3 is 2.79 bits per heavy atom. The van der Waals surface area contributed by atoms with E-state index in [1.54, 1.807) is 10.6 Å². The zero-order chi connectivity index (χ0) is 13.6. The maximum absolute atomic E-state index is 6.03. The van der Waals surface area contributed by atoms with Crippen LogP contribution in [0.4, 0.5) is 0 Å². The Morgan fingerprint density at radius 2 is 2.11 bits per heavy atom. The Bertz CT molecular complexity index is 757. The molecule has 3 rings (SSSR count). The third-order valence-electron chi connectivity index (χ3n) is 3.21. The monoisotopic (exact) mass is 276 g/mol. The van der Waals surface area contributed by atoms with Crippen LogP contribution in [0, 0.1) is 13.8 Å². The number of hydrogen-bond acceptors (Lipinski definition) is 4. The minimum absolute atomic E-state index is 0.376. The first kappa shape index (κ1) is 12.1. The van der Waals surface area contributed by atoms with Gasteiger partial charge in [0.05, 0.1) is 5.69 Å². The van der Waals surface area contributed by atoms with Gasteiger partial charge in [-0.25, -0.2) is 4.68 Å². The molecule has 0 fully saturated rings. The maximum Gasteiger partial charge on any atom is 0.255 e. The van der Waals surface area contributed by atoms with Crippen LogP contribution in [0.2, 0.25) is 5.15 Å². The molecule has 98 valence electrons. The normalized spacial score (nSPS) is 11.4. The van der Waals surface area contributed by atoms with Crippen molar-refractivity contribution < 1.29 is 0 Å². The van der Waals surface area contributed by atoms with Gasteiger partial charge in [0.25, 0.3) is 5.78 Å². The molecule has 0 radical (unpaired) electrons. The third kappa shape index (κ3) is 1.79. The van der Waals surface area contributed by atoms with Crippen molar-refractivity contribution in [3.8, 4) is 5.82 Å². The van der Waals surface area contributed by atoms with Gasteiger partial charge in [-0.3, -0.25) is 0 Å². The fourth-order valence-electron chi connectivity index (χ4n) is 2.33. The molecule has 0 aliphatic carbocycles. The third-order valence-corrected chi connectivity index (χ3v) is 3.41. The lowest BCUT2D eigenvalue weighted by Crippen LogP contribution is -2.08. The molecule has 6 nitrogen and oxygen atoms in total. The van der Waals surface area contributed by atoms with Gasteiger partial charge < -0.3 is 0 Å². The van der Waals surface area contributed by atoms with Crippen LogP contribution in [0.25, 0.3) is 11.6 Å². The highest BCUT2D eigenvalue weighted by molar-refractivity contribution is 6.29. The minimum atomic E-state index is 0.376. The van der Waals surface area contributed by atoms with E-state index in [1.807, 2.05) is 18.5 Å². The first-order chi connectivity index (χ1) is 9.11. The van der Waals surface area contributed by atoms with Crippen LogP contribution >= 0.6 is 11.6 Å². The summed E-state index contributed by atoms with van der Waals surface area (Å²) in [6.07, 6.45) is 2.39. The fourth-order valence-corrected chi connectivity index (χ4v) is 2.50. The summed E-state index contributed by atoms with van der Waals surface area (Å²) in [6, 6.07) is 1.74. The largest absolute Gasteiger partial charge is 0.255 e. The van der Waals surface area contributed by atoms with Crippen molar-refractivity contribution in [2.24, 2.45) is 0 Å². The first-order valence-corrected chi connectivity index (χ1v) is 6.41. The minimum Gasteiger partial charge on any atom is -0.219 e. The molecule has 0 unspecified atom stereocenters. The smallest absolute Gasteiger partial charge is 0.219 e. The van der Waals surface area contributed by atoms with Crippen molar-refractivity contribution in [1.82, 2.24) is 29.4 Å². The molecule has 0 aliphatic rings. The number of fused-ring (bicyclic) bond motifs is 1. The van der Waals surface area contributed by atoms with E-state index in [1.165, 1.54) is 11.9 Å². The lowest BCUT2D eigenvalue weighted by molar-refractivity contribution is 0.754. The van der Waals surface area contributed by atoms with E-state index in [2.05, 4.69) is 27.1 Å². The molecular weight excluding hydrogens is 264 g/mol. The lowest BCUT2D eigenvalue weighted by Gasteiger charge is -2.07. The van der Waals surface area contributed by atoms with Crippen LogP contribution in [-0.2, 0) is 6.42 Å². The predicted molar refractivity (Wildman–Crippen MR) is 71.8 cm³/mol. The average Bonchev–Trinajstić information content (AvgIpc) is 2.93. The molecule has 0 N–H and O–H groups in total. The molecule has 3 heterocycles. The van der Waals surface area contributed by atoms with Crippen LogP contribution in [0.5, 0.6) is 0 Å². The molecule has 0 atom stereocenters. The van der Waals surface area contributed by atoms with E-state index in [0.717, 1.165) is 23.6 Å². The molecular formula is C12H13ClN6. The maximum atomic E-state index is 6.03. The van der Waals surface area contributed by atoms with Gasteiger partial charge >= 0.3 is 0 Å². The van der Waals surface area contributed by atoms with E-state index in [4.69, 9.17) is 11.6 Å². The van der Waals surface area contributed by atoms with Crippen LogP contribution in [0.15, 0.2) is 12.4 Å². The summed E-state index contributed by atoms with van der Waals surface area (Å²) in [4.78, 5) is 8.17. The van der Waals surface area contributed by atoms with Gasteiger partial charge in [-0.05, 0) is 25.8 Å². The first-order valence-electron chi connectivity index (χ1n) is 6.03. The summed E-state index contributed by atoms with van der Waals surface area (Å²) in [5.74, 6) is 1.21. The average molecular weight is 277 g/mol. The summed E-state index contributed by atoms with van der Waals surface area (Å²) >= 11 is 6.03. The highest BCUT2D eigenvalue weighted by atomic mass is 35.5. The van der Waals surface area contributed by atoms with Crippen LogP contribution in [0.3, 0.4) is 0 Å². The van der Waals surface area contributed by atoms with Crippen molar-refractivity contribution in [2.75, 3.05) is 0 Å². The zero-order valence-corrected chi connectivity index (χ0v) is 11.7. The highest BCUT2D eigenvalue weighted by Gasteiger charge is 2.15. The standard InChI is InChI=1S/C12H13ClN6/c1-4-9-7(2)17-18(8(9)3)11-5-10(13)16-12-14-6-15-19(11)12/h5-6H,4H2,1-3H3. The second-order valence-electron chi connectivity index (χ2n) is 4.32. The second-order valence-corrected chi connectivity index (χ2v) is 4.71. The van der Waals surface area contributed by atoms with E-state index in [0.29, 0.717) is 10.9 Å². The summed E-state index contributed by atoms with van der Waals surface area (Å²) < 4.78 is 3.47. The summed E-state index contributed by atoms with van der Waals surface area (Å²) in [6.45, 7) is 6.16. The van der Waals surface area contributed by atoms with Gasteiger partial charge in [-0.1, -0.05) is 18.5 Å². The molecule has 0 bridgehead atoms. The van der Waals surface area contributed by atoms with E-state index in [-0.39, 0.29) is 0 Å². The van der Waals surface area contributed by atoms with Gasteiger partial charge in [0, 0.05) is 11.8 Å². The molecule has 3 aromatic heterocycles. The molecule has 0 aromatic carbocycles. The quantitative estimate of drug-likeness (QED) is 0.673. The van der Waals surface area contributed by atoms with Gasteiger partial charge in [-0.2, -0.15) is 24.7 Å². The Balaban J connectivity index is 2.33. The Labute approximate surface area is 115 Å². The molecule has 3 aromatic rings. The van der Waals surface area contributed by atoms with Crippen molar-refractivity contribution in [3.05, 3.63) is 34.5 Å². The van der Waals surface area contributed by atoms with Crippen molar-refractivity contribution >= 4 is 17.4 Å². The zero-order valence-electron chi connectivity index (χ0n) is 10.9. The van der Waals surface area contributed by atoms with Gasteiger partial charge in [0.1, 0.15) is 11.5 Å². The SMILES string of the molecule is CCc1c(C)nn(-c2cc(Cl)nc3ncnn23)c1C. The fraction of sp³-hybridized carbons (Fsp3) is 0.333. The Kier molecular flexibility index (Phi) is 2.74. The number of aromatic nitrogens is 6. The Morgan fingerprint density at radius 1 is 1.32 bits per heavy atom.